The van der Waals surface area contributed by atoms with E-state index < -0.39 is 6.17 Å². The van der Waals surface area contributed by atoms with Crippen molar-refractivity contribution in [2.45, 2.75) is 88.3 Å². The molecule has 3 aliphatic heterocycles. The number of carbonyl (C=O) groups excluding carboxylic acids is 2. The molecule has 6 unspecified atom stereocenters. The first-order valence-electron chi connectivity index (χ1n) is 11.9. The van der Waals surface area contributed by atoms with E-state index in [1.807, 2.05) is 4.90 Å². The first kappa shape index (κ1) is 20.5. The Hall–Kier alpha value is -1.41. The molecule has 2 N–H and O–H groups in total. The minimum atomic E-state index is -0.777. The number of ether oxygens (including phenoxy) is 1. The second-order valence-electron chi connectivity index (χ2n) is 10.2. The summed E-state index contributed by atoms with van der Waals surface area (Å²) in [5.74, 6) is 0.467. The summed E-state index contributed by atoms with van der Waals surface area (Å²) in [6.45, 7) is 5.13. The lowest BCUT2D eigenvalue weighted by Crippen LogP contribution is -2.57. The Balaban J connectivity index is 1.14. The van der Waals surface area contributed by atoms with E-state index in [1.54, 1.807) is 0 Å². The molecule has 0 aromatic heterocycles. The Morgan fingerprint density at radius 1 is 1.17 bits per heavy atom. The van der Waals surface area contributed by atoms with E-state index in [-0.39, 0.29) is 42.1 Å². The van der Waals surface area contributed by atoms with Crippen molar-refractivity contribution in [1.82, 2.24) is 20.4 Å². The van der Waals surface area contributed by atoms with Gasteiger partial charge >= 0.3 is 6.09 Å². The van der Waals surface area contributed by atoms with E-state index >= 15 is 0 Å². The summed E-state index contributed by atoms with van der Waals surface area (Å²) >= 11 is 0. The highest BCUT2D eigenvalue weighted by Crippen LogP contribution is 2.38. The Bertz CT molecular complexity index is 661. The quantitative estimate of drug-likeness (QED) is 0.724. The molecule has 2 saturated carbocycles. The standard InChI is InChI=1S/C22H35FN4O3/c1-13-5-6-18(23)17-10-19(25-20(13)17)21(28)24-14-3-2-4-15(9-14)26-7-8-27-16(11-26)12-30-22(27)29/h13-20,25H,2-12H2,1H3,(H,24,28)/t13?,14-,15+,16?,17?,18?,19?,20?/m1/s1. The SMILES string of the molecule is CC1CCC(F)C2CC(C(=O)N[C@@H]3CCC[C@H](N4CCN5C(=O)OCC5C4)C3)NC12. The molecule has 2 amide bonds. The molecule has 5 fully saturated rings. The second-order valence-corrected chi connectivity index (χ2v) is 10.2. The molecule has 168 valence electrons. The first-order valence-corrected chi connectivity index (χ1v) is 11.9. The monoisotopic (exact) mass is 422 g/mol. The molecule has 5 rings (SSSR count). The van der Waals surface area contributed by atoms with E-state index in [4.69, 9.17) is 4.74 Å². The van der Waals surface area contributed by atoms with Crippen molar-refractivity contribution in [2.75, 3.05) is 26.2 Å². The molecule has 0 radical (unpaired) electrons. The Morgan fingerprint density at radius 2 is 2.03 bits per heavy atom. The highest BCUT2D eigenvalue weighted by molar-refractivity contribution is 5.82. The minimum absolute atomic E-state index is 0.0174. The first-order chi connectivity index (χ1) is 14.5. The molecule has 8 heteroatoms. The zero-order chi connectivity index (χ0) is 20.8. The molecule has 5 aliphatic rings. The van der Waals surface area contributed by atoms with Gasteiger partial charge in [-0.2, -0.15) is 0 Å². The van der Waals surface area contributed by atoms with Crippen LogP contribution in [0.2, 0.25) is 0 Å². The maximum atomic E-state index is 14.4. The Morgan fingerprint density at radius 3 is 2.87 bits per heavy atom. The fourth-order valence-electron chi connectivity index (χ4n) is 6.57. The van der Waals surface area contributed by atoms with Crippen LogP contribution in [0.4, 0.5) is 9.18 Å². The Labute approximate surface area is 178 Å². The van der Waals surface area contributed by atoms with Crippen LogP contribution in [0.1, 0.15) is 51.9 Å². The van der Waals surface area contributed by atoms with Crippen molar-refractivity contribution in [1.29, 1.82) is 0 Å². The van der Waals surface area contributed by atoms with Gasteiger partial charge in [0, 0.05) is 43.7 Å². The lowest BCUT2D eigenvalue weighted by Gasteiger charge is -2.43. The van der Waals surface area contributed by atoms with Crippen LogP contribution in [0.5, 0.6) is 0 Å². The number of amides is 2. The number of piperazine rings is 1. The summed E-state index contributed by atoms with van der Waals surface area (Å²) in [6, 6.07) is 0.665. The van der Waals surface area contributed by atoms with Crippen molar-refractivity contribution in [3.8, 4) is 0 Å². The van der Waals surface area contributed by atoms with Gasteiger partial charge in [-0.1, -0.05) is 6.92 Å². The Kier molecular flexibility index (Phi) is 5.64. The zero-order valence-corrected chi connectivity index (χ0v) is 17.9. The lowest BCUT2D eigenvalue weighted by molar-refractivity contribution is -0.124. The second kappa shape index (κ2) is 8.26. The van der Waals surface area contributed by atoms with E-state index in [1.165, 1.54) is 0 Å². The van der Waals surface area contributed by atoms with Crippen molar-refractivity contribution in [2.24, 2.45) is 11.8 Å². The third-order valence-electron chi connectivity index (χ3n) is 8.31. The summed E-state index contributed by atoms with van der Waals surface area (Å²) in [5, 5.41) is 6.74. The zero-order valence-electron chi connectivity index (χ0n) is 17.9. The van der Waals surface area contributed by atoms with Gasteiger partial charge in [-0.15, -0.1) is 0 Å². The molecular formula is C22H35FN4O3. The number of alkyl halides is 1. The van der Waals surface area contributed by atoms with Crippen LogP contribution in [-0.4, -0.2) is 84.4 Å². The largest absolute Gasteiger partial charge is 0.447 e. The summed E-state index contributed by atoms with van der Waals surface area (Å²) in [5.41, 5.74) is 0. The summed E-state index contributed by atoms with van der Waals surface area (Å²) in [4.78, 5) is 29.0. The molecule has 7 nitrogen and oxygen atoms in total. The normalized spacial score (nSPS) is 44.3. The summed E-state index contributed by atoms with van der Waals surface area (Å²) in [6.07, 6.45) is 5.40. The van der Waals surface area contributed by atoms with Gasteiger partial charge in [-0.25, -0.2) is 9.18 Å². The molecular weight excluding hydrogens is 387 g/mol. The highest BCUT2D eigenvalue weighted by atomic mass is 19.1. The van der Waals surface area contributed by atoms with Crippen LogP contribution in [0, 0.1) is 11.8 Å². The van der Waals surface area contributed by atoms with Crippen LogP contribution < -0.4 is 10.6 Å². The van der Waals surface area contributed by atoms with Gasteiger partial charge in [0.05, 0.1) is 12.1 Å². The number of hydrogen-bond acceptors (Lipinski definition) is 5. The van der Waals surface area contributed by atoms with Crippen LogP contribution in [-0.2, 0) is 9.53 Å². The van der Waals surface area contributed by atoms with Gasteiger partial charge in [0.15, 0.2) is 0 Å². The van der Waals surface area contributed by atoms with Gasteiger partial charge < -0.3 is 15.4 Å². The van der Waals surface area contributed by atoms with Gasteiger partial charge in [0.1, 0.15) is 12.8 Å². The van der Waals surface area contributed by atoms with Gasteiger partial charge in [-0.3, -0.25) is 14.6 Å². The smallest absolute Gasteiger partial charge is 0.410 e. The molecule has 3 saturated heterocycles. The van der Waals surface area contributed by atoms with E-state index in [2.05, 4.69) is 22.5 Å². The minimum Gasteiger partial charge on any atom is -0.447 e. The number of hydrogen-bond donors (Lipinski definition) is 2. The molecule has 8 atom stereocenters. The topological polar surface area (TPSA) is 73.9 Å². The van der Waals surface area contributed by atoms with Crippen LogP contribution in [0.25, 0.3) is 0 Å². The van der Waals surface area contributed by atoms with E-state index in [0.29, 0.717) is 31.4 Å². The van der Waals surface area contributed by atoms with Crippen LogP contribution in [0.3, 0.4) is 0 Å². The van der Waals surface area contributed by atoms with E-state index in [0.717, 1.165) is 51.7 Å². The maximum absolute atomic E-state index is 14.4. The average Bonchev–Trinajstić information content (AvgIpc) is 3.36. The number of rotatable bonds is 3. The predicted octanol–water partition coefficient (Wildman–Crippen LogP) is 1.66. The third kappa shape index (κ3) is 3.81. The van der Waals surface area contributed by atoms with Crippen molar-refractivity contribution in [3.05, 3.63) is 0 Å². The van der Waals surface area contributed by atoms with Crippen molar-refractivity contribution >= 4 is 12.0 Å². The number of cyclic esters (lactones) is 1. The average molecular weight is 423 g/mol. The number of carbonyl (C=O) groups is 2. The fraction of sp³-hybridized carbons (Fsp3) is 0.909. The van der Waals surface area contributed by atoms with Gasteiger partial charge in [0.2, 0.25) is 5.91 Å². The number of nitrogens with one attached hydrogen (secondary N) is 2. The number of nitrogens with zero attached hydrogens (tertiary/aromatic N) is 2. The number of halogens is 1. The van der Waals surface area contributed by atoms with Crippen LogP contribution in [0.15, 0.2) is 0 Å². The molecule has 3 heterocycles. The van der Waals surface area contributed by atoms with Crippen molar-refractivity contribution in [3.63, 3.8) is 0 Å². The molecule has 0 spiro atoms. The number of fused-ring (bicyclic) bond motifs is 2. The third-order valence-corrected chi connectivity index (χ3v) is 8.31. The molecule has 0 bridgehead atoms. The molecule has 0 aromatic carbocycles. The predicted molar refractivity (Wildman–Crippen MR) is 110 cm³/mol. The summed E-state index contributed by atoms with van der Waals surface area (Å²) in [7, 11) is 0. The molecule has 2 aliphatic carbocycles. The molecule has 0 aromatic rings. The van der Waals surface area contributed by atoms with Crippen molar-refractivity contribution < 1.29 is 18.7 Å². The lowest BCUT2D eigenvalue weighted by atomic mass is 9.77. The van der Waals surface area contributed by atoms with Crippen LogP contribution >= 0.6 is 0 Å². The van der Waals surface area contributed by atoms with Gasteiger partial charge in [0.25, 0.3) is 0 Å². The fourth-order valence-corrected chi connectivity index (χ4v) is 6.57. The molecule has 30 heavy (non-hydrogen) atoms. The van der Waals surface area contributed by atoms with Gasteiger partial charge in [-0.05, 0) is 50.9 Å². The highest BCUT2D eigenvalue weighted by Gasteiger charge is 2.47. The summed E-state index contributed by atoms with van der Waals surface area (Å²) < 4.78 is 19.6. The maximum Gasteiger partial charge on any atom is 0.410 e. The van der Waals surface area contributed by atoms with E-state index in [9.17, 15) is 14.0 Å².